The van der Waals surface area contributed by atoms with Gasteiger partial charge in [-0.25, -0.2) is 0 Å². The van der Waals surface area contributed by atoms with Gasteiger partial charge >= 0.3 is 0 Å². The van der Waals surface area contributed by atoms with Crippen molar-refractivity contribution in [3.63, 3.8) is 0 Å². The molecule has 0 N–H and O–H groups in total. The van der Waals surface area contributed by atoms with Gasteiger partial charge in [-0.05, 0) is 23.7 Å². The van der Waals surface area contributed by atoms with Gasteiger partial charge in [-0.15, -0.1) is 0 Å². The van der Waals surface area contributed by atoms with E-state index >= 15 is 0 Å². The first-order chi connectivity index (χ1) is 5.37. The second-order valence-corrected chi connectivity index (χ2v) is 5.38. The highest BCUT2D eigenvalue weighted by Crippen LogP contribution is 2.29. The standard InChI is InChI=1S/C11H24S/c1-7(2)8(3)9(4)10(5)11(6)12/h7-12H,1-6H3. The van der Waals surface area contributed by atoms with E-state index in [1.807, 2.05) is 0 Å². The van der Waals surface area contributed by atoms with Crippen LogP contribution in [0.3, 0.4) is 0 Å². The number of hydrogen-bond acceptors (Lipinski definition) is 1. The smallest absolute Gasteiger partial charge is 0.00167 e. The lowest BCUT2D eigenvalue weighted by atomic mass is 9.78. The maximum atomic E-state index is 4.50. The van der Waals surface area contributed by atoms with Crippen LogP contribution in [0.25, 0.3) is 0 Å². The van der Waals surface area contributed by atoms with Crippen molar-refractivity contribution < 1.29 is 0 Å². The van der Waals surface area contributed by atoms with Crippen LogP contribution < -0.4 is 0 Å². The summed E-state index contributed by atoms with van der Waals surface area (Å²) in [6.45, 7) is 13.8. The summed E-state index contributed by atoms with van der Waals surface area (Å²) in [4.78, 5) is 0. The molecule has 0 heterocycles. The predicted octanol–water partition coefficient (Wildman–Crippen LogP) is 3.87. The summed E-state index contributed by atoms with van der Waals surface area (Å²) < 4.78 is 0. The van der Waals surface area contributed by atoms with Crippen LogP contribution in [0.1, 0.15) is 41.5 Å². The van der Waals surface area contributed by atoms with E-state index in [9.17, 15) is 0 Å². The Bertz CT molecular complexity index is 104. The van der Waals surface area contributed by atoms with Crippen LogP contribution in [-0.2, 0) is 0 Å². The highest BCUT2D eigenvalue weighted by Gasteiger charge is 2.23. The molecule has 0 aliphatic carbocycles. The minimum absolute atomic E-state index is 0.515. The Hall–Kier alpha value is 0.350. The predicted molar refractivity (Wildman–Crippen MR) is 60.8 cm³/mol. The van der Waals surface area contributed by atoms with Crippen LogP contribution in [0.2, 0.25) is 0 Å². The highest BCUT2D eigenvalue weighted by atomic mass is 32.1. The van der Waals surface area contributed by atoms with Crippen molar-refractivity contribution in [3.05, 3.63) is 0 Å². The zero-order valence-electron chi connectivity index (χ0n) is 9.33. The topological polar surface area (TPSA) is 0 Å². The number of rotatable bonds is 4. The van der Waals surface area contributed by atoms with Crippen molar-refractivity contribution in [3.8, 4) is 0 Å². The monoisotopic (exact) mass is 188 g/mol. The third kappa shape index (κ3) is 3.38. The highest BCUT2D eigenvalue weighted by molar-refractivity contribution is 7.80. The first-order valence-electron chi connectivity index (χ1n) is 5.06. The fourth-order valence-corrected chi connectivity index (χ4v) is 1.80. The normalized spacial score (nSPS) is 22.0. The average molecular weight is 188 g/mol. The summed E-state index contributed by atoms with van der Waals surface area (Å²) in [5.41, 5.74) is 0. The Morgan fingerprint density at radius 1 is 0.667 bits per heavy atom. The zero-order chi connectivity index (χ0) is 9.89. The molecule has 0 fully saturated rings. The van der Waals surface area contributed by atoms with Crippen LogP contribution in [0.4, 0.5) is 0 Å². The van der Waals surface area contributed by atoms with Crippen LogP contribution in [-0.4, -0.2) is 5.25 Å². The maximum Gasteiger partial charge on any atom is 0.00167 e. The molecule has 0 saturated carbocycles. The molecule has 0 aliphatic heterocycles. The van der Waals surface area contributed by atoms with Crippen molar-refractivity contribution >= 4 is 12.6 Å². The molecule has 0 nitrogen and oxygen atoms in total. The zero-order valence-corrected chi connectivity index (χ0v) is 10.2. The van der Waals surface area contributed by atoms with E-state index in [1.165, 1.54) is 0 Å². The largest absolute Gasteiger partial charge is 0.176 e. The molecule has 0 aromatic carbocycles. The fraction of sp³-hybridized carbons (Fsp3) is 1.00. The van der Waals surface area contributed by atoms with Gasteiger partial charge in [0, 0.05) is 5.25 Å². The van der Waals surface area contributed by atoms with Crippen LogP contribution in [0.15, 0.2) is 0 Å². The van der Waals surface area contributed by atoms with Gasteiger partial charge < -0.3 is 0 Å². The lowest BCUT2D eigenvalue weighted by Gasteiger charge is -2.30. The van der Waals surface area contributed by atoms with Gasteiger partial charge in [0.1, 0.15) is 0 Å². The maximum absolute atomic E-state index is 4.50. The quantitative estimate of drug-likeness (QED) is 0.636. The molecular formula is C11H24S. The molecule has 0 rings (SSSR count). The molecule has 0 bridgehead atoms. The Morgan fingerprint density at radius 3 is 1.33 bits per heavy atom. The van der Waals surface area contributed by atoms with Crippen LogP contribution >= 0.6 is 12.6 Å². The summed E-state index contributed by atoms with van der Waals surface area (Å²) in [5, 5.41) is 0.515. The lowest BCUT2D eigenvalue weighted by Crippen LogP contribution is -2.25. The Labute approximate surface area is 83.5 Å². The van der Waals surface area contributed by atoms with Crippen molar-refractivity contribution in [2.24, 2.45) is 23.7 Å². The Balaban J connectivity index is 4.08. The van der Waals surface area contributed by atoms with Gasteiger partial charge in [-0.1, -0.05) is 41.5 Å². The summed E-state index contributed by atoms with van der Waals surface area (Å²) in [7, 11) is 0. The van der Waals surface area contributed by atoms with E-state index in [0.717, 1.165) is 17.8 Å². The van der Waals surface area contributed by atoms with Crippen molar-refractivity contribution in [1.29, 1.82) is 0 Å². The molecule has 0 aliphatic rings. The van der Waals surface area contributed by atoms with E-state index in [4.69, 9.17) is 0 Å². The first-order valence-corrected chi connectivity index (χ1v) is 5.57. The van der Waals surface area contributed by atoms with Crippen molar-refractivity contribution in [1.82, 2.24) is 0 Å². The molecule has 0 aromatic heterocycles. The van der Waals surface area contributed by atoms with Crippen molar-refractivity contribution in [2.75, 3.05) is 0 Å². The summed E-state index contributed by atoms with van der Waals surface area (Å²) in [5.74, 6) is 3.08. The molecule has 0 spiro atoms. The van der Waals surface area contributed by atoms with E-state index < -0.39 is 0 Å². The van der Waals surface area contributed by atoms with Gasteiger partial charge in [0.2, 0.25) is 0 Å². The van der Waals surface area contributed by atoms with Gasteiger partial charge in [-0.3, -0.25) is 0 Å². The summed E-state index contributed by atoms with van der Waals surface area (Å²) in [6, 6.07) is 0. The summed E-state index contributed by atoms with van der Waals surface area (Å²) >= 11 is 4.50. The molecule has 1 heteroatoms. The van der Waals surface area contributed by atoms with Crippen LogP contribution in [0.5, 0.6) is 0 Å². The van der Waals surface area contributed by atoms with Gasteiger partial charge in [0.05, 0.1) is 0 Å². The molecule has 0 radical (unpaired) electrons. The molecule has 0 aromatic rings. The molecule has 4 atom stereocenters. The second-order valence-electron chi connectivity index (χ2n) is 4.56. The van der Waals surface area contributed by atoms with Gasteiger partial charge in [0.25, 0.3) is 0 Å². The van der Waals surface area contributed by atoms with E-state index in [2.05, 4.69) is 54.2 Å². The number of hydrogen-bond donors (Lipinski definition) is 1. The third-order valence-corrected chi connectivity index (χ3v) is 3.94. The molecule has 74 valence electrons. The average Bonchev–Trinajstić information content (AvgIpc) is 2.00. The Morgan fingerprint density at radius 2 is 1.08 bits per heavy atom. The van der Waals surface area contributed by atoms with Gasteiger partial charge in [0.15, 0.2) is 0 Å². The van der Waals surface area contributed by atoms with E-state index in [-0.39, 0.29) is 0 Å². The Kier molecular flexibility index (Phi) is 5.31. The van der Waals surface area contributed by atoms with Crippen LogP contribution in [0, 0.1) is 23.7 Å². The van der Waals surface area contributed by atoms with Gasteiger partial charge in [-0.2, -0.15) is 12.6 Å². The number of thiol groups is 1. The minimum atomic E-state index is 0.515. The SMILES string of the molecule is CC(C)C(C)C(C)C(C)C(C)S. The van der Waals surface area contributed by atoms with Crippen molar-refractivity contribution in [2.45, 2.75) is 46.8 Å². The molecular weight excluding hydrogens is 164 g/mol. The second kappa shape index (κ2) is 5.16. The van der Waals surface area contributed by atoms with E-state index in [1.54, 1.807) is 0 Å². The van der Waals surface area contributed by atoms with E-state index in [0.29, 0.717) is 11.2 Å². The molecule has 0 amide bonds. The lowest BCUT2D eigenvalue weighted by molar-refractivity contribution is 0.223. The molecule has 4 unspecified atom stereocenters. The minimum Gasteiger partial charge on any atom is -0.176 e. The fourth-order valence-electron chi connectivity index (χ4n) is 1.53. The molecule has 12 heavy (non-hydrogen) atoms. The first kappa shape index (κ1) is 12.3. The molecule has 0 saturated heterocycles. The summed E-state index contributed by atoms with van der Waals surface area (Å²) in [6.07, 6.45) is 0. The third-order valence-electron chi connectivity index (χ3n) is 3.47.